The van der Waals surface area contributed by atoms with Gasteiger partial charge in [0.15, 0.2) is 0 Å². The molecule has 28 heavy (non-hydrogen) atoms. The number of ether oxygens (including phenoxy) is 1. The van der Waals surface area contributed by atoms with Gasteiger partial charge >= 0.3 is 0 Å². The molecule has 1 aromatic heterocycles. The first-order chi connectivity index (χ1) is 13.6. The molecule has 0 saturated carbocycles. The van der Waals surface area contributed by atoms with Crippen molar-refractivity contribution in [2.75, 3.05) is 19.4 Å². The highest BCUT2D eigenvalue weighted by atomic mass is 35.5. The van der Waals surface area contributed by atoms with Crippen LogP contribution in [0, 0.1) is 0 Å². The first-order valence-electron chi connectivity index (χ1n) is 8.93. The summed E-state index contributed by atoms with van der Waals surface area (Å²) in [6.45, 7) is 0.705. The Morgan fingerprint density at radius 3 is 2.75 bits per heavy atom. The van der Waals surface area contributed by atoms with Gasteiger partial charge in [0.05, 0.1) is 12.8 Å². The predicted octanol–water partition coefficient (Wildman–Crippen LogP) is 4.64. The normalized spacial score (nSPS) is 16.4. The van der Waals surface area contributed by atoms with Gasteiger partial charge in [-0.15, -0.1) is 11.8 Å². The number of benzene rings is 2. The summed E-state index contributed by atoms with van der Waals surface area (Å²) in [6, 6.07) is 17.2. The highest BCUT2D eigenvalue weighted by Crippen LogP contribution is 2.39. The summed E-state index contributed by atoms with van der Waals surface area (Å²) >= 11 is 7.77. The third-order valence-electron chi connectivity index (χ3n) is 4.77. The molecule has 144 valence electrons. The lowest BCUT2D eigenvalue weighted by molar-refractivity contribution is 0.0749. The molecule has 0 radical (unpaired) electrons. The van der Waals surface area contributed by atoms with Crippen LogP contribution < -0.4 is 4.74 Å². The van der Waals surface area contributed by atoms with Crippen LogP contribution in [0.3, 0.4) is 0 Å². The van der Waals surface area contributed by atoms with Crippen LogP contribution in [-0.2, 0) is 7.05 Å². The minimum atomic E-state index is -0.0194. The van der Waals surface area contributed by atoms with Crippen molar-refractivity contribution in [3.8, 4) is 17.0 Å². The second kappa shape index (κ2) is 7.89. The van der Waals surface area contributed by atoms with Crippen LogP contribution in [0.2, 0.25) is 5.02 Å². The zero-order chi connectivity index (χ0) is 19.7. The number of amides is 1. The van der Waals surface area contributed by atoms with E-state index in [1.54, 1.807) is 30.6 Å². The number of methoxy groups -OCH3 is 1. The van der Waals surface area contributed by atoms with E-state index >= 15 is 0 Å². The maximum absolute atomic E-state index is 13.3. The van der Waals surface area contributed by atoms with Crippen LogP contribution in [0.1, 0.15) is 21.4 Å². The molecule has 0 spiro atoms. The highest BCUT2D eigenvalue weighted by Gasteiger charge is 2.32. The molecule has 2 heterocycles. The molecular formula is C21H20ClN3O2S. The summed E-state index contributed by atoms with van der Waals surface area (Å²) < 4.78 is 6.94. The summed E-state index contributed by atoms with van der Waals surface area (Å²) in [7, 11) is 3.44. The maximum Gasteiger partial charge on any atom is 0.273 e. The molecule has 3 aromatic rings. The smallest absolute Gasteiger partial charge is 0.273 e. The van der Waals surface area contributed by atoms with Gasteiger partial charge in [-0.25, -0.2) is 0 Å². The molecule has 0 N–H and O–H groups in total. The van der Waals surface area contributed by atoms with Gasteiger partial charge in [0.25, 0.3) is 5.91 Å². The van der Waals surface area contributed by atoms with Gasteiger partial charge in [0.2, 0.25) is 0 Å². The average Bonchev–Trinajstić information content (AvgIpc) is 3.35. The van der Waals surface area contributed by atoms with Crippen LogP contribution >= 0.6 is 23.4 Å². The van der Waals surface area contributed by atoms with Crippen molar-refractivity contribution >= 4 is 29.3 Å². The van der Waals surface area contributed by atoms with Gasteiger partial charge in [-0.3, -0.25) is 9.48 Å². The number of hydrogen-bond acceptors (Lipinski definition) is 4. The molecule has 0 aliphatic carbocycles. The Bertz CT molecular complexity index is 1000. The molecule has 1 atom stereocenters. The molecule has 1 unspecified atom stereocenters. The Labute approximate surface area is 173 Å². The summed E-state index contributed by atoms with van der Waals surface area (Å²) in [6.07, 6.45) is 0. The van der Waals surface area contributed by atoms with Gasteiger partial charge in [0.1, 0.15) is 16.8 Å². The minimum Gasteiger partial charge on any atom is -0.497 e. The second-order valence-corrected chi connectivity index (χ2v) is 8.17. The van der Waals surface area contributed by atoms with E-state index in [4.69, 9.17) is 16.3 Å². The van der Waals surface area contributed by atoms with Crippen molar-refractivity contribution in [2.45, 2.75) is 5.37 Å². The van der Waals surface area contributed by atoms with Crippen LogP contribution in [0.4, 0.5) is 0 Å². The van der Waals surface area contributed by atoms with Crippen LogP contribution in [0.15, 0.2) is 54.6 Å². The molecule has 1 saturated heterocycles. The quantitative estimate of drug-likeness (QED) is 0.625. The third kappa shape index (κ3) is 3.62. The van der Waals surface area contributed by atoms with E-state index in [0.29, 0.717) is 17.3 Å². The number of carbonyl (C=O) groups is 1. The first-order valence-corrected chi connectivity index (χ1v) is 10.4. The maximum atomic E-state index is 13.3. The summed E-state index contributed by atoms with van der Waals surface area (Å²) in [5.41, 5.74) is 3.31. The molecule has 4 rings (SSSR count). The fourth-order valence-electron chi connectivity index (χ4n) is 3.32. The number of carbonyl (C=O) groups excluding carboxylic acids is 1. The summed E-state index contributed by atoms with van der Waals surface area (Å²) in [5.74, 6) is 1.64. The van der Waals surface area contributed by atoms with Gasteiger partial charge in [-0.2, -0.15) is 5.10 Å². The van der Waals surface area contributed by atoms with Crippen LogP contribution in [0.25, 0.3) is 11.3 Å². The van der Waals surface area contributed by atoms with E-state index in [1.165, 1.54) is 0 Å². The predicted molar refractivity (Wildman–Crippen MR) is 113 cm³/mol. The van der Waals surface area contributed by atoms with Crippen LogP contribution in [0.5, 0.6) is 5.75 Å². The number of halogens is 1. The zero-order valence-electron chi connectivity index (χ0n) is 15.6. The van der Waals surface area contributed by atoms with Crippen molar-refractivity contribution in [1.82, 2.24) is 14.7 Å². The first kappa shape index (κ1) is 18.9. The zero-order valence-corrected chi connectivity index (χ0v) is 17.2. The molecule has 7 heteroatoms. The number of rotatable bonds is 4. The molecule has 1 fully saturated rings. The Hall–Kier alpha value is -2.44. The van der Waals surface area contributed by atoms with Gasteiger partial charge < -0.3 is 9.64 Å². The lowest BCUT2D eigenvalue weighted by Crippen LogP contribution is -2.31. The monoisotopic (exact) mass is 413 g/mol. The minimum absolute atomic E-state index is 0.0139. The van der Waals surface area contributed by atoms with Gasteiger partial charge in [-0.05, 0) is 35.9 Å². The number of hydrogen-bond donors (Lipinski definition) is 0. The Morgan fingerprint density at radius 1 is 1.21 bits per heavy atom. The fraction of sp³-hybridized carbons (Fsp3) is 0.238. The Balaban J connectivity index is 1.62. The third-order valence-corrected chi connectivity index (χ3v) is 6.28. The van der Waals surface area contributed by atoms with Crippen molar-refractivity contribution in [3.63, 3.8) is 0 Å². The van der Waals surface area contributed by atoms with Crippen molar-refractivity contribution < 1.29 is 9.53 Å². The van der Waals surface area contributed by atoms with E-state index in [9.17, 15) is 4.79 Å². The Kier molecular flexibility index (Phi) is 5.33. The van der Waals surface area contributed by atoms with Gasteiger partial charge in [0, 0.05) is 29.9 Å². The van der Waals surface area contributed by atoms with Crippen molar-refractivity contribution in [2.24, 2.45) is 7.05 Å². The summed E-state index contributed by atoms with van der Waals surface area (Å²) in [4.78, 5) is 15.2. The second-order valence-electron chi connectivity index (χ2n) is 6.54. The highest BCUT2D eigenvalue weighted by molar-refractivity contribution is 7.99. The number of nitrogens with zero attached hydrogens (tertiary/aromatic N) is 3. The lowest BCUT2D eigenvalue weighted by Gasteiger charge is -2.24. The largest absolute Gasteiger partial charge is 0.497 e. The molecule has 5 nitrogen and oxygen atoms in total. The van der Waals surface area contributed by atoms with Crippen LogP contribution in [-0.4, -0.2) is 40.0 Å². The van der Waals surface area contributed by atoms with Gasteiger partial charge in [-0.1, -0.05) is 35.9 Å². The molecule has 0 bridgehead atoms. The van der Waals surface area contributed by atoms with Crippen molar-refractivity contribution in [3.05, 3.63) is 70.9 Å². The molecule has 1 aliphatic heterocycles. The average molecular weight is 414 g/mol. The SMILES string of the molecule is COc1cccc(-c2cc(C(=O)N3CCSC3c3ccc(Cl)cc3)n(C)n2)c1. The number of thioether (sulfide) groups is 1. The van der Waals surface area contributed by atoms with E-state index in [1.807, 2.05) is 59.5 Å². The molecule has 1 amide bonds. The van der Waals surface area contributed by atoms with E-state index < -0.39 is 0 Å². The number of aryl methyl sites for hydroxylation is 1. The summed E-state index contributed by atoms with van der Waals surface area (Å²) in [5, 5.41) is 5.23. The molecular weight excluding hydrogens is 394 g/mol. The number of aromatic nitrogens is 2. The van der Waals surface area contributed by atoms with Crippen molar-refractivity contribution in [1.29, 1.82) is 0 Å². The van der Waals surface area contributed by atoms with E-state index in [2.05, 4.69) is 5.10 Å². The Morgan fingerprint density at radius 2 is 2.00 bits per heavy atom. The topological polar surface area (TPSA) is 47.4 Å². The standard InChI is InChI=1S/C21H20ClN3O2S/c1-24-19(13-18(23-24)15-4-3-5-17(12-15)27-2)20(26)25-10-11-28-21(25)14-6-8-16(22)9-7-14/h3-9,12-13,21H,10-11H2,1-2H3. The fourth-order valence-corrected chi connectivity index (χ4v) is 4.70. The molecule has 2 aromatic carbocycles. The lowest BCUT2D eigenvalue weighted by atomic mass is 10.1. The van der Waals surface area contributed by atoms with E-state index in [0.717, 1.165) is 28.3 Å². The van der Waals surface area contributed by atoms with E-state index in [-0.39, 0.29) is 11.3 Å². The molecule has 1 aliphatic rings.